The van der Waals surface area contributed by atoms with Gasteiger partial charge in [0, 0.05) is 74.7 Å². The first-order chi connectivity index (χ1) is 27.5. The fourth-order valence-electron chi connectivity index (χ4n) is 8.45. The Labute approximate surface area is 335 Å². The van der Waals surface area contributed by atoms with E-state index in [0.29, 0.717) is 47.3 Å². The fourth-order valence-corrected chi connectivity index (χ4v) is 8.68. The van der Waals surface area contributed by atoms with Crippen molar-refractivity contribution in [2.24, 2.45) is 5.92 Å². The van der Waals surface area contributed by atoms with Crippen molar-refractivity contribution in [3.8, 4) is 17.3 Å². The summed E-state index contributed by atoms with van der Waals surface area (Å²) < 4.78 is 1.95. The van der Waals surface area contributed by atoms with Gasteiger partial charge in [0.2, 0.25) is 11.8 Å². The summed E-state index contributed by atoms with van der Waals surface area (Å²) in [4.78, 5) is 71.6. The van der Waals surface area contributed by atoms with Crippen LogP contribution in [-0.4, -0.2) is 106 Å². The summed E-state index contributed by atoms with van der Waals surface area (Å²) in [5.41, 5.74) is 7.37. The van der Waals surface area contributed by atoms with Crippen molar-refractivity contribution in [2.45, 2.75) is 52.1 Å². The normalized spacial score (nSPS) is 19.2. The molecular formula is C43H43ClN8O5. The maximum Gasteiger partial charge on any atom is 0.262 e. The highest BCUT2D eigenvalue weighted by molar-refractivity contribution is 6.32. The predicted molar refractivity (Wildman–Crippen MR) is 213 cm³/mol. The number of nitrogens with one attached hydrogen (secondary N) is 1. The lowest BCUT2D eigenvalue weighted by Crippen LogP contribution is -2.54. The molecule has 3 aromatic carbocycles. The first kappa shape index (κ1) is 38.1. The summed E-state index contributed by atoms with van der Waals surface area (Å²) in [5.74, 6) is -1.45. The molecule has 1 N–H and O–H groups in total. The number of fused-ring (bicyclic) bond motifs is 1. The molecule has 3 fully saturated rings. The van der Waals surface area contributed by atoms with Crippen molar-refractivity contribution < 1.29 is 24.0 Å². The average Bonchev–Trinajstić information content (AvgIpc) is 3.64. The number of aromatic nitrogens is 2. The van der Waals surface area contributed by atoms with E-state index >= 15 is 0 Å². The average molecular weight is 787 g/mol. The van der Waals surface area contributed by atoms with Crippen LogP contribution in [0.15, 0.2) is 60.7 Å². The van der Waals surface area contributed by atoms with Gasteiger partial charge in [-0.1, -0.05) is 29.8 Å². The Kier molecular flexibility index (Phi) is 10.4. The molecule has 0 radical (unpaired) electrons. The third kappa shape index (κ3) is 7.43. The lowest BCUT2D eigenvalue weighted by Gasteiger charge is -2.39. The molecule has 8 rings (SSSR count). The largest absolute Gasteiger partial charge is 0.371 e. The third-order valence-electron chi connectivity index (χ3n) is 12.0. The van der Waals surface area contributed by atoms with Crippen molar-refractivity contribution in [2.75, 3.05) is 50.7 Å². The molecule has 0 bridgehead atoms. The van der Waals surface area contributed by atoms with Gasteiger partial charge in [-0.25, -0.2) is 0 Å². The van der Waals surface area contributed by atoms with Crippen LogP contribution in [0.3, 0.4) is 0 Å². The molecule has 1 unspecified atom stereocenters. The molecule has 0 saturated carbocycles. The molecule has 4 aliphatic rings. The van der Waals surface area contributed by atoms with Crippen molar-refractivity contribution in [3.63, 3.8) is 0 Å². The van der Waals surface area contributed by atoms with E-state index in [2.05, 4.69) is 21.2 Å². The Bertz CT molecular complexity index is 2330. The van der Waals surface area contributed by atoms with Crippen LogP contribution in [0.2, 0.25) is 5.02 Å². The fraction of sp³-hybridized carbons (Fsp3) is 0.372. The third-order valence-corrected chi connectivity index (χ3v) is 12.3. The molecular weight excluding hydrogens is 744 g/mol. The summed E-state index contributed by atoms with van der Waals surface area (Å²) in [6.45, 7) is 10.2. The van der Waals surface area contributed by atoms with Gasteiger partial charge in [0.05, 0.1) is 34.0 Å². The van der Waals surface area contributed by atoms with Gasteiger partial charge in [0.25, 0.3) is 17.7 Å². The number of hydrogen-bond acceptors (Lipinski definition) is 9. The van der Waals surface area contributed by atoms with Crippen molar-refractivity contribution in [1.29, 1.82) is 5.26 Å². The molecule has 1 atom stereocenters. The van der Waals surface area contributed by atoms with Gasteiger partial charge in [-0.3, -0.25) is 43.8 Å². The number of imide groups is 2. The van der Waals surface area contributed by atoms with Crippen LogP contribution in [0.1, 0.15) is 79.1 Å². The SMILES string of the molecule is Cc1c(-c2ccc(C#N)c(Cl)c2)nn(Cc2ccc(C(=O)N3CCN(CC4CCN(c5ccc6c(c5)C(=O)N(C5CCC(=O)NC5=O)C6=O)CC4)CC3)cc2)c1C. The number of carbonyl (C=O) groups is 5. The zero-order valence-electron chi connectivity index (χ0n) is 32.0. The van der Waals surface area contributed by atoms with Crippen molar-refractivity contribution in [3.05, 3.63) is 105 Å². The van der Waals surface area contributed by atoms with E-state index in [1.165, 1.54) is 0 Å². The molecule has 57 heavy (non-hydrogen) atoms. The van der Waals surface area contributed by atoms with Crippen LogP contribution in [0.25, 0.3) is 11.3 Å². The molecule has 3 saturated heterocycles. The van der Waals surface area contributed by atoms with E-state index in [1.807, 2.05) is 59.8 Å². The number of nitrogens with zero attached hydrogens (tertiary/aromatic N) is 7. The highest BCUT2D eigenvalue weighted by Crippen LogP contribution is 2.33. The van der Waals surface area contributed by atoms with Gasteiger partial charge in [-0.05, 0) is 92.6 Å². The maximum atomic E-state index is 13.5. The lowest BCUT2D eigenvalue weighted by molar-refractivity contribution is -0.136. The Morgan fingerprint density at radius 1 is 0.877 bits per heavy atom. The Morgan fingerprint density at radius 3 is 2.28 bits per heavy atom. The van der Waals surface area contributed by atoms with Crippen LogP contribution < -0.4 is 10.2 Å². The monoisotopic (exact) mass is 786 g/mol. The molecule has 5 heterocycles. The second-order valence-electron chi connectivity index (χ2n) is 15.4. The molecule has 4 aliphatic heterocycles. The number of amides is 5. The van der Waals surface area contributed by atoms with E-state index in [-0.39, 0.29) is 24.3 Å². The van der Waals surface area contributed by atoms with Crippen LogP contribution in [0, 0.1) is 31.1 Å². The van der Waals surface area contributed by atoms with E-state index in [4.69, 9.17) is 16.7 Å². The van der Waals surface area contributed by atoms with Crippen LogP contribution in [-0.2, 0) is 16.1 Å². The Morgan fingerprint density at radius 2 is 1.60 bits per heavy atom. The summed E-state index contributed by atoms with van der Waals surface area (Å²) in [6, 6.07) is 19.5. The van der Waals surface area contributed by atoms with Gasteiger partial charge in [0.1, 0.15) is 12.1 Å². The van der Waals surface area contributed by atoms with Gasteiger partial charge in [-0.2, -0.15) is 10.4 Å². The van der Waals surface area contributed by atoms with Crippen molar-refractivity contribution >= 4 is 46.8 Å². The smallest absolute Gasteiger partial charge is 0.262 e. The number of halogens is 1. The Hall–Kier alpha value is -5.84. The quantitative estimate of drug-likeness (QED) is 0.248. The predicted octanol–water partition coefficient (Wildman–Crippen LogP) is 4.82. The number of benzene rings is 3. The summed E-state index contributed by atoms with van der Waals surface area (Å²) in [6.07, 6.45) is 2.19. The first-order valence-corrected chi connectivity index (χ1v) is 19.8. The minimum atomic E-state index is -0.978. The van der Waals surface area contributed by atoms with E-state index in [1.54, 1.807) is 24.3 Å². The molecule has 14 heteroatoms. The second-order valence-corrected chi connectivity index (χ2v) is 15.8. The second kappa shape index (κ2) is 15.6. The highest BCUT2D eigenvalue weighted by Gasteiger charge is 2.45. The number of piperidine rings is 2. The highest BCUT2D eigenvalue weighted by atomic mass is 35.5. The number of rotatable bonds is 8. The van der Waals surface area contributed by atoms with Crippen molar-refractivity contribution in [1.82, 2.24) is 29.8 Å². The number of hydrogen-bond donors (Lipinski definition) is 1. The number of anilines is 1. The molecule has 5 amide bonds. The summed E-state index contributed by atoms with van der Waals surface area (Å²) in [7, 11) is 0. The van der Waals surface area contributed by atoms with E-state index < -0.39 is 29.7 Å². The first-order valence-electron chi connectivity index (χ1n) is 19.4. The molecule has 292 valence electrons. The van der Waals surface area contributed by atoms with E-state index in [0.717, 1.165) is 84.2 Å². The zero-order chi connectivity index (χ0) is 40.0. The van der Waals surface area contributed by atoms with Gasteiger partial charge in [0.15, 0.2) is 0 Å². The van der Waals surface area contributed by atoms with Crippen LogP contribution in [0.5, 0.6) is 0 Å². The topological polar surface area (TPSA) is 152 Å². The summed E-state index contributed by atoms with van der Waals surface area (Å²) >= 11 is 6.30. The number of carbonyl (C=O) groups excluding carboxylic acids is 5. The van der Waals surface area contributed by atoms with Gasteiger partial charge >= 0.3 is 0 Å². The van der Waals surface area contributed by atoms with Crippen LogP contribution >= 0.6 is 11.6 Å². The van der Waals surface area contributed by atoms with Gasteiger partial charge < -0.3 is 9.80 Å². The summed E-state index contributed by atoms with van der Waals surface area (Å²) in [5, 5.41) is 16.7. The van der Waals surface area contributed by atoms with Gasteiger partial charge in [-0.15, -0.1) is 0 Å². The van der Waals surface area contributed by atoms with E-state index in [9.17, 15) is 29.2 Å². The van der Waals surface area contributed by atoms with Crippen LogP contribution in [0.4, 0.5) is 5.69 Å². The Balaban J connectivity index is 0.805. The standard InChI is InChI=1S/C43H43ClN8O5/c1-26-27(2)51(47-39(26)31-7-8-32(23-45)36(44)21-31)25-28-3-5-30(6-4-28)41(55)50-19-17-48(18-20-50)24-29-13-15-49(16-14-29)33-9-10-34-35(22-33)43(57)52(42(34)56)37-11-12-38(53)46-40(37)54/h3-10,21-22,29,37H,11-20,24-25H2,1-2H3,(H,46,53,54). The minimum Gasteiger partial charge on any atom is -0.371 e. The lowest BCUT2D eigenvalue weighted by atomic mass is 9.95. The molecule has 4 aromatic rings. The minimum absolute atomic E-state index is 0.0374. The molecule has 0 aliphatic carbocycles. The molecule has 0 spiro atoms. The number of nitriles is 1. The zero-order valence-corrected chi connectivity index (χ0v) is 32.7. The molecule has 13 nitrogen and oxygen atoms in total. The number of piperazine rings is 1. The maximum absolute atomic E-state index is 13.5. The molecule has 1 aromatic heterocycles.